The van der Waals surface area contributed by atoms with Gasteiger partial charge < -0.3 is 24.6 Å². The molecule has 0 bridgehead atoms. The maximum absolute atomic E-state index is 12.5. The number of fused-ring (bicyclic) bond motifs is 2. The lowest BCUT2D eigenvalue weighted by Crippen LogP contribution is -2.41. The van der Waals surface area contributed by atoms with Gasteiger partial charge in [0.2, 0.25) is 6.79 Å². The number of hydrogen-bond donors (Lipinski definition) is 2. The molecule has 1 saturated carbocycles. The van der Waals surface area contributed by atoms with Gasteiger partial charge in [-0.1, -0.05) is 44.2 Å². The summed E-state index contributed by atoms with van der Waals surface area (Å²) in [6, 6.07) is 17.4. The van der Waals surface area contributed by atoms with Gasteiger partial charge in [-0.25, -0.2) is 0 Å². The van der Waals surface area contributed by atoms with Crippen LogP contribution in [-0.4, -0.2) is 36.4 Å². The van der Waals surface area contributed by atoms with Gasteiger partial charge in [-0.05, 0) is 77.3 Å². The maximum Gasteiger partial charge on any atom is 0.304 e. The van der Waals surface area contributed by atoms with Crippen LogP contribution in [0.1, 0.15) is 63.0 Å². The van der Waals surface area contributed by atoms with Crippen molar-refractivity contribution in [3.63, 3.8) is 0 Å². The molecule has 3 aromatic rings. The van der Waals surface area contributed by atoms with Crippen molar-refractivity contribution < 1.29 is 28.9 Å². The molecule has 7 heteroatoms. The Morgan fingerprint density at radius 3 is 2.46 bits per heavy atom. The summed E-state index contributed by atoms with van der Waals surface area (Å²) in [6.45, 7) is 4.68. The number of carboxylic acid groups (broad SMARTS) is 1. The van der Waals surface area contributed by atoms with Crippen LogP contribution in [0.3, 0.4) is 0 Å². The molecule has 3 aromatic carbocycles. The standard InChI is InChI=1S/C30H33NO6/c1-30(2)11-9-23(10-12-30)31-28(32)17-35-24-7-5-19-3-4-20(13-22(19)14-24)25(16-29(33)34)21-6-8-26-27(15-21)37-18-36-26/h3-8,13-15,23,25H,9-12,16-18H2,1-2H3,(H,31,32)(H,33,34). The van der Waals surface area contributed by atoms with Gasteiger partial charge in [0.1, 0.15) is 5.75 Å². The summed E-state index contributed by atoms with van der Waals surface area (Å²) < 4.78 is 16.7. The van der Waals surface area contributed by atoms with Crippen LogP contribution in [0.5, 0.6) is 17.2 Å². The predicted octanol–water partition coefficient (Wildman–Crippen LogP) is 5.64. The Labute approximate surface area is 216 Å². The first-order chi connectivity index (χ1) is 17.8. The quantitative estimate of drug-likeness (QED) is 0.413. The minimum Gasteiger partial charge on any atom is -0.484 e. The van der Waals surface area contributed by atoms with Crippen molar-refractivity contribution in [3.8, 4) is 17.2 Å². The molecule has 1 atom stereocenters. The number of ether oxygens (including phenoxy) is 3. The van der Waals surface area contributed by atoms with Crippen LogP contribution in [0.2, 0.25) is 0 Å². The lowest BCUT2D eigenvalue weighted by atomic mass is 9.75. The summed E-state index contributed by atoms with van der Waals surface area (Å²) in [7, 11) is 0. The summed E-state index contributed by atoms with van der Waals surface area (Å²) in [4.78, 5) is 24.2. The van der Waals surface area contributed by atoms with E-state index in [1.165, 1.54) is 0 Å². The summed E-state index contributed by atoms with van der Waals surface area (Å²) in [5.74, 6) is 0.541. The fourth-order valence-electron chi connectivity index (χ4n) is 5.24. The Balaban J connectivity index is 1.30. The molecule has 7 nitrogen and oxygen atoms in total. The summed E-state index contributed by atoms with van der Waals surface area (Å²) >= 11 is 0. The molecule has 0 aromatic heterocycles. The third-order valence-electron chi connectivity index (χ3n) is 7.49. The van der Waals surface area contributed by atoms with Crippen LogP contribution in [0.15, 0.2) is 54.6 Å². The SMILES string of the molecule is CC1(C)CCC(NC(=O)COc2ccc3ccc(C(CC(=O)O)c4ccc5c(c4)OCO5)cc3c2)CC1. The molecule has 2 aliphatic rings. The Bertz CT molecular complexity index is 1310. The molecule has 2 N–H and O–H groups in total. The highest BCUT2D eigenvalue weighted by Gasteiger charge is 2.27. The maximum atomic E-state index is 12.5. The van der Waals surface area contributed by atoms with E-state index >= 15 is 0 Å². The Kier molecular flexibility index (Phi) is 6.96. The van der Waals surface area contributed by atoms with Gasteiger partial charge in [0, 0.05) is 12.0 Å². The largest absolute Gasteiger partial charge is 0.484 e. The van der Waals surface area contributed by atoms with Crippen molar-refractivity contribution in [1.29, 1.82) is 0 Å². The smallest absolute Gasteiger partial charge is 0.304 e. The van der Waals surface area contributed by atoms with Gasteiger partial charge in [-0.2, -0.15) is 0 Å². The third-order valence-corrected chi connectivity index (χ3v) is 7.49. The Morgan fingerprint density at radius 1 is 0.973 bits per heavy atom. The van der Waals surface area contributed by atoms with E-state index in [4.69, 9.17) is 14.2 Å². The van der Waals surface area contributed by atoms with Crippen molar-refractivity contribution in [2.75, 3.05) is 13.4 Å². The van der Waals surface area contributed by atoms with E-state index in [1.807, 2.05) is 54.6 Å². The number of amides is 1. The average Bonchev–Trinajstić information content (AvgIpc) is 3.35. The molecule has 1 aliphatic carbocycles. The van der Waals surface area contributed by atoms with Crippen LogP contribution in [0.4, 0.5) is 0 Å². The molecule has 0 spiro atoms. The van der Waals surface area contributed by atoms with Crippen LogP contribution in [-0.2, 0) is 9.59 Å². The predicted molar refractivity (Wildman–Crippen MR) is 140 cm³/mol. The lowest BCUT2D eigenvalue weighted by molar-refractivity contribution is -0.137. The highest BCUT2D eigenvalue weighted by Crippen LogP contribution is 2.38. The molecule has 37 heavy (non-hydrogen) atoms. The van der Waals surface area contributed by atoms with Crippen LogP contribution >= 0.6 is 0 Å². The number of hydrogen-bond acceptors (Lipinski definition) is 5. The van der Waals surface area contributed by atoms with Gasteiger partial charge in [0.15, 0.2) is 18.1 Å². The minimum absolute atomic E-state index is 0.0378. The van der Waals surface area contributed by atoms with E-state index in [-0.39, 0.29) is 37.7 Å². The van der Waals surface area contributed by atoms with Gasteiger partial charge in [-0.15, -0.1) is 0 Å². The second-order valence-corrected chi connectivity index (χ2v) is 10.8. The van der Waals surface area contributed by atoms with Crippen LogP contribution in [0.25, 0.3) is 10.8 Å². The summed E-state index contributed by atoms with van der Waals surface area (Å²) in [5, 5.41) is 14.6. The molecule has 0 radical (unpaired) electrons. The normalized spacial score (nSPS) is 17.4. The second-order valence-electron chi connectivity index (χ2n) is 10.8. The van der Waals surface area contributed by atoms with Crippen molar-refractivity contribution in [1.82, 2.24) is 5.32 Å². The first-order valence-electron chi connectivity index (χ1n) is 12.8. The van der Waals surface area contributed by atoms with E-state index < -0.39 is 5.97 Å². The van der Waals surface area contributed by atoms with Crippen LogP contribution < -0.4 is 19.5 Å². The van der Waals surface area contributed by atoms with E-state index in [0.29, 0.717) is 22.7 Å². The first-order valence-corrected chi connectivity index (χ1v) is 12.8. The molecule has 194 valence electrons. The Morgan fingerprint density at radius 2 is 1.68 bits per heavy atom. The van der Waals surface area contributed by atoms with Crippen molar-refractivity contribution >= 4 is 22.6 Å². The monoisotopic (exact) mass is 503 g/mol. The molecule has 1 fully saturated rings. The molecule has 1 amide bonds. The number of carboxylic acids is 1. The number of nitrogens with one attached hydrogen (secondary N) is 1. The van der Waals surface area contributed by atoms with E-state index in [9.17, 15) is 14.7 Å². The first kappa shape index (κ1) is 24.9. The number of rotatable bonds is 8. The van der Waals surface area contributed by atoms with Gasteiger partial charge >= 0.3 is 5.97 Å². The van der Waals surface area contributed by atoms with E-state index in [2.05, 4.69) is 19.2 Å². The fourth-order valence-corrected chi connectivity index (χ4v) is 5.24. The molecule has 1 aliphatic heterocycles. The topological polar surface area (TPSA) is 94.1 Å². The molecule has 1 heterocycles. The summed E-state index contributed by atoms with van der Waals surface area (Å²) in [5.41, 5.74) is 2.08. The highest BCUT2D eigenvalue weighted by atomic mass is 16.7. The average molecular weight is 504 g/mol. The zero-order valence-electron chi connectivity index (χ0n) is 21.3. The minimum atomic E-state index is -0.882. The Hall–Kier alpha value is -3.74. The summed E-state index contributed by atoms with van der Waals surface area (Å²) in [6.07, 6.45) is 4.17. The van der Waals surface area contributed by atoms with E-state index in [0.717, 1.165) is 47.6 Å². The fraction of sp³-hybridized carbons (Fsp3) is 0.400. The van der Waals surface area contributed by atoms with Crippen molar-refractivity contribution in [2.45, 2.75) is 57.9 Å². The number of carbonyl (C=O) groups is 2. The zero-order chi connectivity index (χ0) is 26.0. The van der Waals surface area contributed by atoms with Crippen molar-refractivity contribution in [3.05, 3.63) is 65.7 Å². The second kappa shape index (κ2) is 10.3. The number of carbonyl (C=O) groups excluding carboxylic acids is 1. The lowest BCUT2D eigenvalue weighted by Gasteiger charge is -2.34. The van der Waals surface area contributed by atoms with E-state index in [1.54, 1.807) is 0 Å². The molecule has 0 saturated heterocycles. The van der Waals surface area contributed by atoms with Crippen molar-refractivity contribution in [2.24, 2.45) is 5.41 Å². The molecule has 5 rings (SSSR count). The molecule has 1 unspecified atom stereocenters. The molecular formula is C30H33NO6. The number of aliphatic carboxylic acids is 1. The number of benzene rings is 3. The molecular weight excluding hydrogens is 470 g/mol. The van der Waals surface area contributed by atoms with Gasteiger partial charge in [-0.3, -0.25) is 9.59 Å². The van der Waals surface area contributed by atoms with Gasteiger partial charge in [0.05, 0.1) is 6.42 Å². The van der Waals surface area contributed by atoms with Gasteiger partial charge in [0.25, 0.3) is 5.91 Å². The third kappa shape index (κ3) is 5.98. The van der Waals surface area contributed by atoms with Crippen LogP contribution in [0, 0.1) is 5.41 Å². The highest BCUT2D eigenvalue weighted by molar-refractivity contribution is 5.85. The zero-order valence-corrected chi connectivity index (χ0v) is 21.3.